The van der Waals surface area contributed by atoms with Crippen LogP contribution in [0.4, 0.5) is 0 Å². The second kappa shape index (κ2) is 12.2. The SMILES string of the molecule is C=COCC(COCCOC(C)(C)C)(COCC(C)(C)C)COCC(C)(C)C. The molecule has 28 heavy (non-hydrogen) atoms. The molecule has 5 nitrogen and oxygen atoms in total. The van der Waals surface area contributed by atoms with Gasteiger partial charge in [-0.15, -0.1) is 0 Å². The van der Waals surface area contributed by atoms with E-state index in [2.05, 4.69) is 48.1 Å². The van der Waals surface area contributed by atoms with Crippen LogP contribution in [-0.2, 0) is 23.7 Å². The molecule has 0 aliphatic carbocycles. The molecule has 0 aromatic heterocycles. The molecule has 168 valence electrons. The molecule has 0 aromatic rings. The molecule has 0 N–H and O–H groups in total. The van der Waals surface area contributed by atoms with Crippen molar-refractivity contribution in [3.05, 3.63) is 12.8 Å². The topological polar surface area (TPSA) is 46.2 Å². The van der Waals surface area contributed by atoms with Gasteiger partial charge in [0.05, 0.1) is 70.1 Å². The molecule has 0 spiro atoms. The summed E-state index contributed by atoms with van der Waals surface area (Å²) in [6.07, 6.45) is 1.46. The Morgan fingerprint density at radius 3 is 1.46 bits per heavy atom. The molecular formula is C23H46O5. The number of hydrogen-bond donors (Lipinski definition) is 0. The summed E-state index contributed by atoms with van der Waals surface area (Å²) in [7, 11) is 0. The zero-order valence-electron chi connectivity index (χ0n) is 20.0. The molecule has 0 atom stereocenters. The van der Waals surface area contributed by atoms with Crippen LogP contribution in [0.1, 0.15) is 62.3 Å². The van der Waals surface area contributed by atoms with E-state index in [-0.39, 0.29) is 16.4 Å². The first-order chi connectivity index (χ1) is 12.7. The van der Waals surface area contributed by atoms with Gasteiger partial charge < -0.3 is 23.7 Å². The largest absolute Gasteiger partial charge is 0.501 e. The molecule has 0 aromatic carbocycles. The maximum Gasteiger partial charge on any atom is 0.0995 e. The summed E-state index contributed by atoms with van der Waals surface area (Å²) in [5.41, 5.74) is -0.373. The maximum absolute atomic E-state index is 6.05. The van der Waals surface area contributed by atoms with Crippen LogP contribution < -0.4 is 0 Å². The van der Waals surface area contributed by atoms with Gasteiger partial charge in [0.1, 0.15) is 0 Å². The van der Waals surface area contributed by atoms with Crippen LogP contribution >= 0.6 is 0 Å². The second-order valence-corrected chi connectivity index (χ2v) is 11.1. The van der Waals surface area contributed by atoms with Crippen LogP contribution in [0.25, 0.3) is 0 Å². The van der Waals surface area contributed by atoms with Crippen LogP contribution in [0.5, 0.6) is 0 Å². The Kier molecular flexibility index (Phi) is 11.9. The molecule has 0 aliphatic heterocycles. The van der Waals surface area contributed by atoms with Gasteiger partial charge in [-0.25, -0.2) is 0 Å². The van der Waals surface area contributed by atoms with Gasteiger partial charge in [0.2, 0.25) is 0 Å². The van der Waals surface area contributed by atoms with E-state index >= 15 is 0 Å². The molecule has 0 unspecified atom stereocenters. The highest BCUT2D eigenvalue weighted by molar-refractivity contribution is 4.81. The van der Waals surface area contributed by atoms with E-state index in [9.17, 15) is 0 Å². The Bertz CT molecular complexity index is 392. The van der Waals surface area contributed by atoms with Gasteiger partial charge in [-0.05, 0) is 31.6 Å². The molecule has 0 heterocycles. The molecule has 0 radical (unpaired) electrons. The van der Waals surface area contributed by atoms with Crippen molar-refractivity contribution in [1.82, 2.24) is 0 Å². The van der Waals surface area contributed by atoms with Crippen LogP contribution in [0.15, 0.2) is 12.8 Å². The second-order valence-electron chi connectivity index (χ2n) is 11.1. The standard InChI is InChI=1S/C23H46O5/c1-11-24-16-23(18-26-14-20(2,3)4,19-27-15-21(5,6)7)17-25-12-13-28-22(8,9)10/h11H,1,12-19H2,2-10H3. The maximum atomic E-state index is 6.05. The summed E-state index contributed by atoms with van der Waals surface area (Å²) in [6.45, 7) is 27.0. The first-order valence-electron chi connectivity index (χ1n) is 10.3. The van der Waals surface area contributed by atoms with Crippen molar-refractivity contribution in [2.45, 2.75) is 67.9 Å². The summed E-state index contributed by atoms with van der Waals surface area (Å²) in [5.74, 6) is 0. The minimum Gasteiger partial charge on any atom is -0.501 e. The third-order valence-electron chi connectivity index (χ3n) is 3.57. The fourth-order valence-corrected chi connectivity index (χ4v) is 2.33. The Balaban J connectivity index is 4.92. The van der Waals surface area contributed by atoms with Crippen LogP contribution in [0.3, 0.4) is 0 Å². The molecule has 0 amide bonds. The van der Waals surface area contributed by atoms with Crippen molar-refractivity contribution >= 4 is 0 Å². The van der Waals surface area contributed by atoms with E-state index in [0.717, 1.165) is 0 Å². The zero-order chi connectivity index (χ0) is 21.9. The van der Waals surface area contributed by atoms with Crippen LogP contribution in [0.2, 0.25) is 0 Å². The Morgan fingerprint density at radius 1 is 0.607 bits per heavy atom. The lowest BCUT2D eigenvalue weighted by molar-refractivity contribution is -0.117. The normalized spacial score (nSPS) is 13.6. The minimum atomic E-state index is -0.396. The van der Waals surface area contributed by atoms with E-state index in [4.69, 9.17) is 23.7 Å². The van der Waals surface area contributed by atoms with Crippen molar-refractivity contribution in [2.24, 2.45) is 16.2 Å². The highest BCUT2D eigenvalue weighted by Crippen LogP contribution is 2.24. The molecular weight excluding hydrogens is 356 g/mol. The Labute approximate surface area is 174 Å². The number of rotatable bonds is 14. The first kappa shape index (κ1) is 27.4. The predicted octanol–water partition coefficient (Wildman–Crippen LogP) is 5.09. The van der Waals surface area contributed by atoms with E-state index in [1.165, 1.54) is 6.26 Å². The van der Waals surface area contributed by atoms with Gasteiger partial charge in [0, 0.05) is 0 Å². The van der Waals surface area contributed by atoms with Crippen molar-refractivity contribution in [1.29, 1.82) is 0 Å². The first-order valence-corrected chi connectivity index (χ1v) is 10.3. The molecule has 0 saturated heterocycles. The van der Waals surface area contributed by atoms with Crippen LogP contribution in [-0.4, -0.2) is 58.5 Å². The number of ether oxygens (including phenoxy) is 5. The highest BCUT2D eigenvalue weighted by atomic mass is 16.5. The molecule has 0 aliphatic rings. The summed E-state index contributed by atoms with van der Waals surface area (Å²) in [4.78, 5) is 0. The van der Waals surface area contributed by atoms with E-state index < -0.39 is 5.41 Å². The lowest BCUT2D eigenvalue weighted by Crippen LogP contribution is -2.43. The third-order valence-corrected chi connectivity index (χ3v) is 3.57. The summed E-state index contributed by atoms with van der Waals surface area (Å²) >= 11 is 0. The lowest BCUT2D eigenvalue weighted by Gasteiger charge is -2.34. The molecule has 0 saturated carbocycles. The van der Waals surface area contributed by atoms with Gasteiger partial charge in [-0.2, -0.15) is 0 Å². The molecule has 0 fully saturated rings. The monoisotopic (exact) mass is 402 g/mol. The molecule has 5 heteroatoms. The van der Waals surface area contributed by atoms with Gasteiger partial charge in [-0.3, -0.25) is 0 Å². The summed E-state index contributed by atoms with van der Waals surface area (Å²) < 4.78 is 29.4. The third kappa shape index (κ3) is 16.3. The van der Waals surface area contributed by atoms with Crippen molar-refractivity contribution in [2.75, 3.05) is 52.9 Å². The van der Waals surface area contributed by atoms with Crippen LogP contribution in [0, 0.1) is 16.2 Å². The molecule has 0 bridgehead atoms. The van der Waals surface area contributed by atoms with Gasteiger partial charge in [-0.1, -0.05) is 48.1 Å². The van der Waals surface area contributed by atoms with Gasteiger partial charge in [0.25, 0.3) is 0 Å². The van der Waals surface area contributed by atoms with Crippen molar-refractivity contribution < 1.29 is 23.7 Å². The molecule has 0 rings (SSSR count). The number of hydrogen-bond acceptors (Lipinski definition) is 5. The quantitative estimate of drug-likeness (QED) is 0.299. The van der Waals surface area contributed by atoms with E-state index in [1.54, 1.807) is 0 Å². The summed E-state index contributed by atoms with van der Waals surface area (Å²) in [6, 6.07) is 0. The lowest BCUT2D eigenvalue weighted by atomic mass is 9.91. The van der Waals surface area contributed by atoms with Crippen molar-refractivity contribution in [3.8, 4) is 0 Å². The zero-order valence-corrected chi connectivity index (χ0v) is 20.0. The fraction of sp³-hybridized carbons (Fsp3) is 0.913. The summed E-state index contributed by atoms with van der Waals surface area (Å²) in [5, 5.41) is 0. The predicted molar refractivity (Wildman–Crippen MR) is 116 cm³/mol. The van der Waals surface area contributed by atoms with Crippen molar-refractivity contribution in [3.63, 3.8) is 0 Å². The minimum absolute atomic E-state index is 0.0959. The average Bonchev–Trinajstić information content (AvgIpc) is 2.48. The van der Waals surface area contributed by atoms with Gasteiger partial charge >= 0.3 is 0 Å². The Morgan fingerprint density at radius 2 is 1.07 bits per heavy atom. The van der Waals surface area contributed by atoms with E-state index in [0.29, 0.717) is 52.9 Å². The van der Waals surface area contributed by atoms with Gasteiger partial charge in [0.15, 0.2) is 0 Å². The average molecular weight is 403 g/mol. The fourth-order valence-electron chi connectivity index (χ4n) is 2.33. The Hall–Kier alpha value is -0.620. The smallest absolute Gasteiger partial charge is 0.0995 e. The highest BCUT2D eigenvalue weighted by Gasteiger charge is 2.34. The van der Waals surface area contributed by atoms with E-state index in [1.807, 2.05) is 20.8 Å².